The van der Waals surface area contributed by atoms with E-state index in [4.69, 9.17) is 0 Å². The number of likely N-dealkylation sites (tertiary alicyclic amines) is 2. The maximum atomic E-state index is 12.9. The zero-order chi connectivity index (χ0) is 21.1. The van der Waals surface area contributed by atoms with Gasteiger partial charge in [0.2, 0.25) is 5.91 Å². The summed E-state index contributed by atoms with van der Waals surface area (Å²) in [5, 5.41) is 8.00. The van der Waals surface area contributed by atoms with Gasteiger partial charge in [-0.25, -0.2) is 4.68 Å². The number of aryl methyl sites for hydroxylation is 1. The summed E-state index contributed by atoms with van der Waals surface area (Å²) in [7, 11) is 2.21. The van der Waals surface area contributed by atoms with Crippen LogP contribution < -0.4 is 5.32 Å². The van der Waals surface area contributed by atoms with Crippen molar-refractivity contribution < 1.29 is 4.79 Å². The molecule has 0 spiro atoms. The third-order valence-corrected chi connectivity index (χ3v) is 6.80. The summed E-state index contributed by atoms with van der Waals surface area (Å²) in [6.07, 6.45) is 5.13. The van der Waals surface area contributed by atoms with E-state index in [1.165, 1.54) is 38.9 Å². The molecule has 3 heterocycles. The van der Waals surface area contributed by atoms with Crippen molar-refractivity contribution in [2.24, 2.45) is 0 Å². The van der Waals surface area contributed by atoms with Gasteiger partial charge in [-0.3, -0.25) is 9.69 Å². The molecule has 2 aromatic rings. The van der Waals surface area contributed by atoms with Gasteiger partial charge in [0.15, 0.2) is 0 Å². The molecule has 6 nitrogen and oxygen atoms in total. The smallest absolute Gasteiger partial charge is 0.224 e. The molecule has 1 atom stereocenters. The molecule has 2 aliphatic rings. The van der Waals surface area contributed by atoms with Gasteiger partial charge in [0, 0.05) is 29.9 Å². The second-order valence-electron chi connectivity index (χ2n) is 9.01. The number of amides is 1. The summed E-state index contributed by atoms with van der Waals surface area (Å²) in [4.78, 5) is 17.9. The van der Waals surface area contributed by atoms with E-state index in [0.29, 0.717) is 12.5 Å². The minimum Gasteiger partial charge on any atom is -0.352 e. The number of rotatable bonds is 5. The molecule has 162 valence electrons. The van der Waals surface area contributed by atoms with Gasteiger partial charge in [-0.05, 0) is 78.3 Å². The lowest BCUT2D eigenvalue weighted by Gasteiger charge is -2.41. The second kappa shape index (κ2) is 9.31. The zero-order valence-electron chi connectivity index (χ0n) is 18.6. The van der Waals surface area contributed by atoms with Gasteiger partial charge in [0.25, 0.3) is 0 Å². The molecule has 30 heavy (non-hydrogen) atoms. The maximum absolute atomic E-state index is 12.9. The number of para-hydroxylation sites is 1. The monoisotopic (exact) mass is 409 g/mol. The number of hydrogen-bond acceptors (Lipinski definition) is 4. The normalized spacial score (nSPS) is 21.6. The van der Waals surface area contributed by atoms with Crippen LogP contribution in [-0.4, -0.2) is 70.8 Å². The van der Waals surface area contributed by atoms with Crippen LogP contribution in [0.2, 0.25) is 0 Å². The van der Waals surface area contributed by atoms with Crippen LogP contribution in [-0.2, 0) is 11.2 Å². The zero-order valence-corrected chi connectivity index (χ0v) is 18.6. The highest BCUT2D eigenvalue weighted by Gasteiger charge is 2.29. The van der Waals surface area contributed by atoms with Crippen molar-refractivity contribution in [3.8, 4) is 5.69 Å². The molecule has 0 radical (unpaired) electrons. The molecule has 6 heteroatoms. The quantitative estimate of drug-likeness (QED) is 0.825. The van der Waals surface area contributed by atoms with Crippen molar-refractivity contribution in [1.82, 2.24) is 24.9 Å². The van der Waals surface area contributed by atoms with E-state index < -0.39 is 0 Å². The fourth-order valence-electron chi connectivity index (χ4n) is 5.01. The molecule has 4 rings (SSSR count). The van der Waals surface area contributed by atoms with E-state index in [2.05, 4.69) is 34.2 Å². The molecular formula is C24H35N5O. The highest BCUT2D eigenvalue weighted by molar-refractivity contribution is 5.79. The van der Waals surface area contributed by atoms with E-state index >= 15 is 0 Å². The van der Waals surface area contributed by atoms with Crippen molar-refractivity contribution >= 4 is 5.91 Å². The summed E-state index contributed by atoms with van der Waals surface area (Å²) in [6, 6.07) is 11.0. The van der Waals surface area contributed by atoms with Gasteiger partial charge in [-0.2, -0.15) is 5.10 Å². The van der Waals surface area contributed by atoms with Crippen molar-refractivity contribution in [1.29, 1.82) is 0 Å². The van der Waals surface area contributed by atoms with Crippen molar-refractivity contribution in [3.63, 3.8) is 0 Å². The number of hydrogen-bond donors (Lipinski definition) is 1. The van der Waals surface area contributed by atoms with Crippen LogP contribution in [0.5, 0.6) is 0 Å². The van der Waals surface area contributed by atoms with Crippen LogP contribution in [0.25, 0.3) is 5.69 Å². The van der Waals surface area contributed by atoms with Crippen molar-refractivity contribution in [3.05, 3.63) is 47.3 Å². The van der Waals surface area contributed by atoms with Gasteiger partial charge in [0.05, 0.1) is 17.8 Å². The Labute approximate surface area is 180 Å². The fourth-order valence-corrected chi connectivity index (χ4v) is 5.01. The van der Waals surface area contributed by atoms with Gasteiger partial charge in [0.1, 0.15) is 0 Å². The van der Waals surface area contributed by atoms with Crippen LogP contribution in [0.3, 0.4) is 0 Å². The Morgan fingerprint density at radius 3 is 2.57 bits per heavy atom. The first-order chi connectivity index (χ1) is 14.5. The predicted octanol–water partition coefficient (Wildman–Crippen LogP) is 2.71. The maximum Gasteiger partial charge on any atom is 0.224 e. The van der Waals surface area contributed by atoms with Gasteiger partial charge < -0.3 is 10.2 Å². The number of nitrogens with one attached hydrogen (secondary N) is 1. The number of carbonyl (C=O) groups is 1. The summed E-state index contributed by atoms with van der Waals surface area (Å²) in [6.45, 7) is 8.57. The van der Waals surface area contributed by atoms with Crippen LogP contribution in [0.15, 0.2) is 30.3 Å². The van der Waals surface area contributed by atoms with Crippen molar-refractivity contribution in [2.75, 3.05) is 33.2 Å². The van der Waals surface area contributed by atoms with E-state index in [9.17, 15) is 4.79 Å². The lowest BCUT2D eigenvalue weighted by molar-refractivity contribution is -0.121. The van der Waals surface area contributed by atoms with Gasteiger partial charge >= 0.3 is 0 Å². The molecule has 2 saturated heterocycles. The van der Waals surface area contributed by atoms with Gasteiger partial charge in [-0.1, -0.05) is 18.2 Å². The Hall–Kier alpha value is -2.18. The largest absolute Gasteiger partial charge is 0.352 e. The molecule has 0 bridgehead atoms. The second-order valence-corrected chi connectivity index (χ2v) is 9.01. The van der Waals surface area contributed by atoms with E-state index in [-0.39, 0.29) is 11.9 Å². The van der Waals surface area contributed by atoms with Gasteiger partial charge in [-0.15, -0.1) is 0 Å². The predicted molar refractivity (Wildman–Crippen MR) is 120 cm³/mol. The molecule has 1 aromatic carbocycles. The molecule has 2 fully saturated rings. The standard InChI is InChI=1S/C24H35N5O/c1-18-23(19(2)29(26-18)22-9-5-4-6-10-22)16-24(30)25-20-8-7-13-28(17-20)21-11-14-27(3)15-12-21/h4-6,9-10,20-21H,7-8,11-17H2,1-3H3,(H,25,30). The van der Waals surface area contributed by atoms with E-state index in [1.54, 1.807) is 0 Å². The van der Waals surface area contributed by atoms with E-state index in [0.717, 1.165) is 35.6 Å². The lowest BCUT2D eigenvalue weighted by Crippen LogP contribution is -2.53. The molecule has 1 aromatic heterocycles. The minimum atomic E-state index is 0.115. The first kappa shape index (κ1) is 21.1. The Bertz CT molecular complexity index is 854. The average Bonchev–Trinajstić information content (AvgIpc) is 3.03. The highest BCUT2D eigenvalue weighted by atomic mass is 16.1. The summed E-state index contributed by atoms with van der Waals surface area (Å²) >= 11 is 0. The Balaban J connectivity index is 1.36. The fraction of sp³-hybridized carbons (Fsp3) is 0.583. The molecular weight excluding hydrogens is 374 g/mol. The van der Waals surface area contributed by atoms with Crippen LogP contribution in [0.1, 0.15) is 42.6 Å². The SMILES string of the molecule is Cc1nn(-c2ccccc2)c(C)c1CC(=O)NC1CCCN(C2CCN(C)CC2)C1. The Morgan fingerprint density at radius 2 is 1.83 bits per heavy atom. The summed E-state index contributed by atoms with van der Waals surface area (Å²) in [5.74, 6) is 0.115. The molecule has 0 saturated carbocycles. The third kappa shape index (κ3) is 4.76. The Morgan fingerprint density at radius 1 is 1.10 bits per heavy atom. The molecule has 1 amide bonds. The number of carbonyl (C=O) groups excluding carboxylic acids is 1. The van der Waals surface area contributed by atoms with Crippen molar-refractivity contribution in [2.45, 2.75) is 58.0 Å². The summed E-state index contributed by atoms with van der Waals surface area (Å²) in [5.41, 5.74) is 4.05. The molecule has 1 N–H and O–H groups in total. The molecule has 2 aliphatic heterocycles. The first-order valence-electron chi connectivity index (χ1n) is 11.3. The minimum absolute atomic E-state index is 0.115. The van der Waals surface area contributed by atoms with Crippen LogP contribution >= 0.6 is 0 Å². The highest BCUT2D eigenvalue weighted by Crippen LogP contribution is 2.21. The topological polar surface area (TPSA) is 53.4 Å². The third-order valence-electron chi connectivity index (χ3n) is 6.80. The summed E-state index contributed by atoms with van der Waals surface area (Å²) < 4.78 is 1.94. The number of aromatic nitrogens is 2. The number of benzene rings is 1. The molecule has 1 unspecified atom stereocenters. The van der Waals surface area contributed by atoms with Crippen LogP contribution in [0, 0.1) is 13.8 Å². The van der Waals surface area contributed by atoms with Crippen LogP contribution in [0.4, 0.5) is 0 Å². The van der Waals surface area contributed by atoms with E-state index in [1.807, 2.05) is 41.9 Å². The number of piperidine rings is 2. The lowest BCUT2D eigenvalue weighted by atomic mass is 9.98. The number of nitrogens with zero attached hydrogens (tertiary/aromatic N) is 4. The average molecular weight is 410 g/mol. The molecule has 0 aliphatic carbocycles. The first-order valence-corrected chi connectivity index (χ1v) is 11.3. The Kier molecular flexibility index (Phi) is 6.54.